The number of benzene rings is 2. The van der Waals surface area contributed by atoms with Crippen LogP contribution in [-0.2, 0) is 6.61 Å². The van der Waals surface area contributed by atoms with E-state index in [1.807, 2.05) is 54.6 Å². The quantitative estimate of drug-likeness (QED) is 0.772. The molecule has 2 aromatic rings. The van der Waals surface area contributed by atoms with Crippen molar-refractivity contribution in [2.75, 3.05) is 0 Å². The Kier molecular flexibility index (Phi) is 3.30. The van der Waals surface area contributed by atoms with Crippen LogP contribution in [0.15, 0.2) is 59.5 Å². The summed E-state index contributed by atoms with van der Waals surface area (Å²) in [6, 6.07) is 17.8. The summed E-state index contributed by atoms with van der Waals surface area (Å²) in [5.74, 6) is 0.891. The molecule has 0 aliphatic carbocycles. The van der Waals surface area contributed by atoms with E-state index < -0.39 is 0 Å². The van der Waals surface area contributed by atoms with Crippen molar-refractivity contribution >= 4 is 12.6 Å². The van der Waals surface area contributed by atoms with Crippen molar-refractivity contribution in [1.82, 2.24) is 0 Å². The van der Waals surface area contributed by atoms with Gasteiger partial charge in [-0.15, -0.1) is 12.6 Å². The van der Waals surface area contributed by atoms with Crippen molar-refractivity contribution in [2.45, 2.75) is 11.5 Å². The molecule has 15 heavy (non-hydrogen) atoms. The van der Waals surface area contributed by atoms with Crippen LogP contribution >= 0.6 is 12.6 Å². The van der Waals surface area contributed by atoms with E-state index in [4.69, 9.17) is 4.74 Å². The third kappa shape index (κ3) is 3.03. The van der Waals surface area contributed by atoms with Crippen LogP contribution in [0.25, 0.3) is 0 Å². The second kappa shape index (κ2) is 4.89. The Labute approximate surface area is 95.1 Å². The molecule has 0 aliphatic rings. The van der Waals surface area contributed by atoms with Gasteiger partial charge in [0.25, 0.3) is 0 Å². The molecule has 1 nitrogen and oxygen atoms in total. The zero-order valence-electron chi connectivity index (χ0n) is 8.26. The molecule has 0 heterocycles. The lowest BCUT2D eigenvalue weighted by atomic mass is 10.2. The first-order chi connectivity index (χ1) is 7.34. The smallest absolute Gasteiger partial charge is 0.119 e. The molecule has 2 heteroatoms. The lowest BCUT2D eigenvalue weighted by molar-refractivity contribution is 0.306. The normalized spacial score (nSPS) is 9.93. The van der Waals surface area contributed by atoms with Crippen molar-refractivity contribution in [2.24, 2.45) is 0 Å². The third-order valence-corrected chi connectivity index (χ3v) is 2.34. The van der Waals surface area contributed by atoms with Crippen molar-refractivity contribution in [3.05, 3.63) is 60.2 Å². The standard InChI is InChI=1S/C13H12OS/c15-13-8-4-5-11(9-13)10-14-12-6-2-1-3-7-12/h1-9,15H,10H2. The van der Waals surface area contributed by atoms with E-state index in [9.17, 15) is 0 Å². The van der Waals surface area contributed by atoms with Crippen molar-refractivity contribution in [3.8, 4) is 5.75 Å². The summed E-state index contributed by atoms with van der Waals surface area (Å²) in [5.41, 5.74) is 1.13. The van der Waals surface area contributed by atoms with E-state index in [2.05, 4.69) is 12.6 Å². The molecule has 0 saturated carbocycles. The fraction of sp³-hybridized carbons (Fsp3) is 0.0769. The average Bonchev–Trinajstić information content (AvgIpc) is 2.28. The highest BCUT2D eigenvalue weighted by molar-refractivity contribution is 7.80. The predicted octanol–water partition coefficient (Wildman–Crippen LogP) is 3.55. The molecule has 0 atom stereocenters. The van der Waals surface area contributed by atoms with Gasteiger partial charge in [0.1, 0.15) is 12.4 Å². The number of hydrogen-bond donors (Lipinski definition) is 1. The van der Waals surface area contributed by atoms with Crippen LogP contribution in [0, 0.1) is 0 Å². The number of para-hydroxylation sites is 1. The number of ether oxygens (including phenoxy) is 1. The summed E-state index contributed by atoms with van der Waals surface area (Å²) < 4.78 is 5.61. The van der Waals surface area contributed by atoms with Crippen LogP contribution in [0.3, 0.4) is 0 Å². The summed E-state index contributed by atoms with van der Waals surface area (Å²) in [4.78, 5) is 0.962. The number of thiol groups is 1. The molecule has 0 radical (unpaired) electrons. The summed E-state index contributed by atoms with van der Waals surface area (Å²) >= 11 is 4.28. The number of hydrogen-bond acceptors (Lipinski definition) is 2. The van der Waals surface area contributed by atoms with E-state index in [-0.39, 0.29) is 0 Å². The molecular weight excluding hydrogens is 204 g/mol. The molecule has 0 spiro atoms. The van der Waals surface area contributed by atoms with Gasteiger partial charge in [-0.05, 0) is 29.8 Å². The fourth-order valence-corrected chi connectivity index (χ4v) is 1.58. The first-order valence-corrected chi connectivity index (χ1v) is 5.25. The molecule has 0 aliphatic heterocycles. The van der Waals surface area contributed by atoms with Crippen molar-refractivity contribution < 1.29 is 4.74 Å². The maximum atomic E-state index is 5.61. The topological polar surface area (TPSA) is 9.23 Å². The Morgan fingerprint density at radius 3 is 2.47 bits per heavy atom. The SMILES string of the molecule is Sc1cccc(COc2ccccc2)c1. The lowest BCUT2D eigenvalue weighted by Gasteiger charge is -2.06. The minimum atomic E-state index is 0.582. The van der Waals surface area contributed by atoms with E-state index in [1.165, 1.54) is 0 Å². The summed E-state index contributed by atoms with van der Waals surface area (Å²) in [7, 11) is 0. The van der Waals surface area contributed by atoms with E-state index >= 15 is 0 Å². The van der Waals surface area contributed by atoms with Gasteiger partial charge in [-0.25, -0.2) is 0 Å². The molecule has 76 valence electrons. The Morgan fingerprint density at radius 2 is 1.73 bits per heavy atom. The Hall–Kier alpha value is -1.41. The van der Waals surface area contributed by atoms with Gasteiger partial charge in [0.2, 0.25) is 0 Å². The molecule has 0 aromatic heterocycles. The molecule has 0 unspecified atom stereocenters. The first-order valence-electron chi connectivity index (χ1n) is 4.80. The second-order valence-corrected chi connectivity index (χ2v) is 3.79. The van der Waals surface area contributed by atoms with Crippen LogP contribution in [-0.4, -0.2) is 0 Å². The highest BCUT2D eigenvalue weighted by atomic mass is 32.1. The van der Waals surface area contributed by atoms with E-state index in [0.717, 1.165) is 16.2 Å². The van der Waals surface area contributed by atoms with Crippen LogP contribution < -0.4 is 4.74 Å². The van der Waals surface area contributed by atoms with Gasteiger partial charge < -0.3 is 4.74 Å². The maximum absolute atomic E-state index is 5.61. The zero-order valence-corrected chi connectivity index (χ0v) is 9.15. The molecule has 0 amide bonds. The van der Waals surface area contributed by atoms with Gasteiger partial charge in [0.05, 0.1) is 0 Å². The Morgan fingerprint density at radius 1 is 0.933 bits per heavy atom. The fourth-order valence-electron chi connectivity index (χ4n) is 1.33. The van der Waals surface area contributed by atoms with Gasteiger partial charge in [0, 0.05) is 4.90 Å². The van der Waals surface area contributed by atoms with Gasteiger partial charge >= 0.3 is 0 Å². The van der Waals surface area contributed by atoms with Crippen molar-refractivity contribution in [1.29, 1.82) is 0 Å². The molecule has 0 bridgehead atoms. The largest absolute Gasteiger partial charge is 0.489 e. The van der Waals surface area contributed by atoms with Crippen LogP contribution in [0.1, 0.15) is 5.56 Å². The molecule has 2 aromatic carbocycles. The molecular formula is C13H12OS. The molecule has 0 saturated heterocycles. The predicted molar refractivity (Wildman–Crippen MR) is 64.5 cm³/mol. The van der Waals surface area contributed by atoms with Gasteiger partial charge in [-0.1, -0.05) is 30.3 Å². The highest BCUT2D eigenvalue weighted by Crippen LogP contribution is 2.13. The van der Waals surface area contributed by atoms with Crippen LogP contribution in [0.5, 0.6) is 5.75 Å². The van der Waals surface area contributed by atoms with Crippen molar-refractivity contribution in [3.63, 3.8) is 0 Å². The van der Waals surface area contributed by atoms with Crippen LogP contribution in [0.2, 0.25) is 0 Å². The van der Waals surface area contributed by atoms with E-state index in [1.54, 1.807) is 0 Å². The van der Waals surface area contributed by atoms with E-state index in [0.29, 0.717) is 6.61 Å². The number of rotatable bonds is 3. The second-order valence-electron chi connectivity index (χ2n) is 3.27. The minimum absolute atomic E-state index is 0.582. The zero-order chi connectivity index (χ0) is 10.5. The average molecular weight is 216 g/mol. The lowest BCUT2D eigenvalue weighted by Crippen LogP contribution is -1.94. The first kappa shape index (κ1) is 10.1. The Bertz CT molecular complexity index is 426. The monoisotopic (exact) mass is 216 g/mol. The van der Waals surface area contributed by atoms with Crippen LogP contribution in [0.4, 0.5) is 0 Å². The minimum Gasteiger partial charge on any atom is -0.489 e. The highest BCUT2D eigenvalue weighted by Gasteiger charge is 1.95. The summed E-state index contributed by atoms with van der Waals surface area (Å²) in [6.07, 6.45) is 0. The molecule has 0 fully saturated rings. The van der Waals surface area contributed by atoms with Gasteiger partial charge in [0.15, 0.2) is 0 Å². The van der Waals surface area contributed by atoms with Gasteiger partial charge in [-0.2, -0.15) is 0 Å². The summed E-state index contributed by atoms with van der Waals surface area (Å²) in [5, 5.41) is 0. The summed E-state index contributed by atoms with van der Waals surface area (Å²) in [6.45, 7) is 0.582. The third-order valence-electron chi connectivity index (χ3n) is 2.06. The Balaban J connectivity index is 1.99. The molecule has 2 rings (SSSR count). The molecule has 0 N–H and O–H groups in total. The maximum Gasteiger partial charge on any atom is 0.119 e. The van der Waals surface area contributed by atoms with Gasteiger partial charge in [-0.3, -0.25) is 0 Å².